The molecule has 1 aliphatic carbocycles. The number of piperidine rings is 1. The molecule has 0 spiro atoms. The number of rotatable bonds is 9. The molecule has 1 saturated heterocycles. The van der Waals surface area contributed by atoms with Crippen LogP contribution < -0.4 is 0 Å². The highest BCUT2D eigenvalue weighted by Gasteiger charge is 2.29. The Labute approximate surface area is 242 Å². The molecular weight excluding hydrogens is 535 g/mol. The molecule has 2 aromatic carbocycles. The van der Waals surface area contributed by atoms with E-state index in [1.807, 2.05) is 36.4 Å². The van der Waals surface area contributed by atoms with Crippen LogP contribution in [0.25, 0.3) is 10.9 Å². The van der Waals surface area contributed by atoms with Crippen molar-refractivity contribution in [1.29, 1.82) is 0 Å². The van der Waals surface area contributed by atoms with E-state index in [9.17, 15) is 12.8 Å². The number of nitrogens with zero attached hydrogens (tertiary/aromatic N) is 4. The summed E-state index contributed by atoms with van der Waals surface area (Å²) in [7, 11) is -3.76. The predicted molar refractivity (Wildman–Crippen MR) is 160 cm³/mol. The van der Waals surface area contributed by atoms with Gasteiger partial charge in [-0.15, -0.1) is 0 Å². The van der Waals surface area contributed by atoms with Crippen LogP contribution in [0.2, 0.25) is 0 Å². The minimum atomic E-state index is -3.76. The van der Waals surface area contributed by atoms with Crippen LogP contribution in [-0.2, 0) is 23.1 Å². The number of hydrogen-bond donors (Lipinski definition) is 0. The Kier molecular flexibility index (Phi) is 8.51. The van der Waals surface area contributed by atoms with Gasteiger partial charge < -0.3 is 4.90 Å². The van der Waals surface area contributed by atoms with Gasteiger partial charge in [-0.3, -0.25) is 4.90 Å². The fourth-order valence-corrected chi connectivity index (χ4v) is 8.28. The van der Waals surface area contributed by atoms with Crippen LogP contribution in [0.15, 0.2) is 84.0 Å². The van der Waals surface area contributed by atoms with Crippen LogP contribution in [-0.4, -0.2) is 52.9 Å². The summed E-state index contributed by atoms with van der Waals surface area (Å²) in [6.45, 7) is 4.29. The van der Waals surface area contributed by atoms with Gasteiger partial charge in [-0.25, -0.2) is 17.4 Å². The highest BCUT2D eigenvalue weighted by atomic mass is 32.2. The number of aromatic nitrogens is 2. The van der Waals surface area contributed by atoms with E-state index in [1.165, 1.54) is 67.7 Å². The van der Waals surface area contributed by atoms with E-state index in [1.54, 1.807) is 30.5 Å². The molecule has 4 aromatic rings. The average molecular weight is 575 g/mol. The minimum Gasteiger partial charge on any atom is -0.300 e. The number of hydrogen-bond acceptors (Lipinski definition) is 5. The second kappa shape index (κ2) is 12.4. The minimum absolute atomic E-state index is 0.265. The van der Waals surface area contributed by atoms with Crippen LogP contribution >= 0.6 is 0 Å². The molecule has 8 heteroatoms. The normalized spacial score (nSPS) is 19.2. The zero-order chi connectivity index (χ0) is 28.2. The summed E-state index contributed by atoms with van der Waals surface area (Å²) in [5.41, 5.74) is 2.50. The summed E-state index contributed by atoms with van der Waals surface area (Å²) in [6.07, 6.45) is 12.3. The van der Waals surface area contributed by atoms with E-state index in [4.69, 9.17) is 0 Å². The number of benzene rings is 2. The smallest absolute Gasteiger partial charge is 0.268 e. The van der Waals surface area contributed by atoms with Gasteiger partial charge in [0.1, 0.15) is 0 Å². The van der Waals surface area contributed by atoms with Gasteiger partial charge in [0.05, 0.1) is 10.4 Å². The number of halogens is 1. The molecule has 6 rings (SSSR count). The highest BCUT2D eigenvalue weighted by Crippen LogP contribution is 2.30. The van der Waals surface area contributed by atoms with E-state index < -0.39 is 16.0 Å². The zero-order valence-corrected chi connectivity index (χ0v) is 24.4. The molecule has 1 atom stereocenters. The Morgan fingerprint density at radius 1 is 0.902 bits per heavy atom. The SMILES string of the molecule is O=S(=O)(c1ccccc1)n1cc(CN(Cc2ccnc(F)c2)CC2CCCN(C3CCCCC3)C2)c2ccccc21. The van der Waals surface area contributed by atoms with E-state index in [0.29, 0.717) is 30.6 Å². The lowest BCUT2D eigenvalue weighted by Gasteiger charge is -2.41. The molecule has 1 unspecified atom stereocenters. The van der Waals surface area contributed by atoms with Crippen molar-refractivity contribution >= 4 is 20.9 Å². The topological polar surface area (TPSA) is 58.4 Å². The molecule has 1 aliphatic heterocycles. The molecule has 1 saturated carbocycles. The lowest BCUT2D eigenvalue weighted by molar-refractivity contribution is 0.0772. The van der Waals surface area contributed by atoms with Crippen molar-refractivity contribution in [3.63, 3.8) is 0 Å². The van der Waals surface area contributed by atoms with E-state index in [0.717, 1.165) is 29.6 Å². The van der Waals surface area contributed by atoms with Gasteiger partial charge in [0.2, 0.25) is 5.95 Å². The number of fused-ring (bicyclic) bond motifs is 1. The Morgan fingerprint density at radius 2 is 1.68 bits per heavy atom. The lowest BCUT2D eigenvalue weighted by atomic mass is 9.90. The molecule has 0 bridgehead atoms. The Morgan fingerprint density at radius 3 is 2.49 bits per heavy atom. The first-order valence-electron chi connectivity index (χ1n) is 14.9. The van der Waals surface area contributed by atoms with E-state index in [2.05, 4.69) is 14.8 Å². The van der Waals surface area contributed by atoms with Gasteiger partial charge in [0, 0.05) is 50.0 Å². The second-order valence-corrected chi connectivity index (χ2v) is 13.6. The standard InChI is InChI=1S/C33H39FN4O2S/c34-33-20-26(17-18-35-33)21-36(22-27-10-9-19-37(23-27)29-11-3-1-4-12-29)24-28-25-38(32-16-8-7-15-31(28)32)41(39,40)30-13-5-2-6-14-30/h2,5-8,13-18,20,25,27,29H,1,3-4,9-12,19,21-24H2. The Hall–Kier alpha value is -3.07. The third-order valence-electron chi connectivity index (χ3n) is 8.81. The molecule has 41 heavy (non-hydrogen) atoms. The van der Waals surface area contributed by atoms with E-state index >= 15 is 0 Å². The van der Waals surface area contributed by atoms with Gasteiger partial charge in [0.25, 0.3) is 10.0 Å². The third kappa shape index (κ3) is 6.40. The van der Waals surface area contributed by atoms with Crippen molar-refractivity contribution in [1.82, 2.24) is 18.8 Å². The highest BCUT2D eigenvalue weighted by molar-refractivity contribution is 7.90. The Bertz CT molecular complexity index is 1570. The summed E-state index contributed by atoms with van der Waals surface area (Å²) in [6, 6.07) is 20.4. The first-order chi connectivity index (χ1) is 20.0. The van der Waals surface area contributed by atoms with Crippen molar-refractivity contribution in [2.45, 2.75) is 69.0 Å². The molecule has 0 N–H and O–H groups in total. The first-order valence-corrected chi connectivity index (χ1v) is 16.4. The molecule has 6 nitrogen and oxygen atoms in total. The molecule has 0 radical (unpaired) electrons. The largest absolute Gasteiger partial charge is 0.300 e. The lowest BCUT2D eigenvalue weighted by Crippen LogP contribution is -2.46. The first kappa shape index (κ1) is 28.1. The number of para-hydroxylation sites is 1. The molecule has 216 valence electrons. The van der Waals surface area contributed by atoms with Gasteiger partial charge in [-0.05, 0) is 79.6 Å². The zero-order valence-electron chi connectivity index (χ0n) is 23.5. The van der Waals surface area contributed by atoms with Gasteiger partial charge in [-0.1, -0.05) is 55.7 Å². The van der Waals surface area contributed by atoms with Crippen LogP contribution in [0.4, 0.5) is 4.39 Å². The maximum Gasteiger partial charge on any atom is 0.268 e. The summed E-state index contributed by atoms with van der Waals surface area (Å²) >= 11 is 0. The Balaban J connectivity index is 1.30. The van der Waals surface area contributed by atoms with Gasteiger partial charge in [0.15, 0.2) is 0 Å². The fourth-order valence-electron chi connectivity index (χ4n) is 6.86. The third-order valence-corrected chi connectivity index (χ3v) is 10.5. The molecule has 2 fully saturated rings. The van der Waals surface area contributed by atoms with E-state index in [-0.39, 0.29) is 4.90 Å². The summed E-state index contributed by atoms with van der Waals surface area (Å²) < 4.78 is 42.8. The monoisotopic (exact) mass is 574 g/mol. The molecule has 2 aromatic heterocycles. The second-order valence-electron chi connectivity index (χ2n) is 11.7. The maximum atomic E-state index is 14.1. The maximum absolute atomic E-state index is 14.1. The average Bonchev–Trinajstić information content (AvgIpc) is 3.37. The van der Waals surface area contributed by atoms with Crippen molar-refractivity contribution in [3.05, 3.63) is 96.2 Å². The quantitative estimate of drug-likeness (QED) is 0.215. The van der Waals surface area contributed by atoms with Crippen molar-refractivity contribution in [3.8, 4) is 0 Å². The van der Waals surface area contributed by atoms with Crippen LogP contribution in [0.1, 0.15) is 56.1 Å². The van der Waals surface area contributed by atoms with Crippen molar-refractivity contribution < 1.29 is 12.8 Å². The molecule has 0 amide bonds. The van der Waals surface area contributed by atoms with Crippen molar-refractivity contribution in [2.75, 3.05) is 19.6 Å². The number of likely N-dealkylation sites (tertiary alicyclic amines) is 1. The van der Waals surface area contributed by atoms with Crippen LogP contribution in [0, 0.1) is 11.9 Å². The van der Waals surface area contributed by atoms with Gasteiger partial charge in [-0.2, -0.15) is 4.39 Å². The summed E-state index contributed by atoms with van der Waals surface area (Å²) in [5.74, 6) is 0.0351. The molecule has 2 aliphatic rings. The van der Waals surface area contributed by atoms with Gasteiger partial charge >= 0.3 is 0 Å². The van der Waals surface area contributed by atoms with Crippen LogP contribution in [0.3, 0.4) is 0 Å². The summed E-state index contributed by atoms with van der Waals surface area (Å²) in [5, 5.41) is 0.922. The predicted octanol–water partition coefficient (Wildman–Crippen LogP) is 6.46. The van der Waals surface area contributed by atoms with Crippen molar-refractivity contribution in [2.24, 2.45) is 5.92 Å². The fraction of sp³-hybridized carbons (Fsp3) is 0.424. The molecular formula is C33H39FN4O2S. The molecule has 3 heterocycles. The number of pyridine rings is 1. The summed E-state index contributed by atoms with van der Waals surface area (Å²) in [4.78, 5) is 9.10. The van der Waals surface area contributed by atoms with Crippen LogP contribution in [0.5, 0.6) is 0 Å².